The lowest BCUT2D eigenvalue weighted by atomic mass is 10.2. The molecule has 0 bridgehead atoms. The first-order valence-electron chi connectivity index (χ1n) is 5.64. The first kappa shape index (κ1) is 14.5. The lowest BCUT2D eigenvalue weighted by Crippen LogP contribution is -2.25. The van der Waals surface area contributed by atoms with Crippen LogP contribution in [0.4, 0.5) is 0 Å². The minimum absolute atomic E-state index is 0.306. The first-order chi connectivity index (χ1) is 8.58. The predicted molar refractivity (Wildman–Crippen MR) is 69.6 cm³/mol. The summed E-state index contributed by atoms with van der Waals surface area (Å²) in [5.41, 5.74) is 8.80. The molecule has 1 N–H and O–H groups in total. The third-order valence-electron chi connectivity index (χ3n) is 2.42. The van der Waals surface area contributed by atoms with Gasteiger partial charge in [0.05, 0.1) is 4.90 Å². The van der Waals surface area contributed by atoms with Crippen LogP contribution in [0.1, 0.15) is 18.4 Å². The number of aryl methyl sites for hydroxylation is 1. The molecule has 0 aliphatic carbocycles. The van der Waals surface area contributed by atoms with Gasteiger partial charge in [-0.3, -0.25) is 0 Å². The third kappa shape index (κ3) is 4.37. The zero-order chi connectivity index (χ0) is 13.4. The van der Waals surface area contributed by atoms with E-state index in [1.807, 2.05) is 0 Å². The van der Waals surface area contributed by atoms with E-state index in [0.717, 1.165) is 5.56 Å². The number of hydrogen-bond donors (Lipinski definition) is 1. The molecule has 0 saturated heterocycles. The Hall–Kier alpha value is -1.56. The molecule has 98 valence electrons. The van der Waals surface area contributed by atoms with Crippen molar-refractivity contribution >= 4 is 10.0 Å². The van der Waals surface area contributed by atoms with E-state index in [9.17, 15) is 8.42 Å². The van der Waals surface area contributed by atoms with E-state index in [0.29, 0.717) is 30.8 Å². The van der Waals surface area contributed by atoms with Crippen molar-refractivity contribution in [1.29, 1.82) is 0 Å². The van der Waals surface area contributed by atoms with Crippen LogP contribution in [0.15, 0.2) is 34.3 Å². The van der Waals surface area contributed by atoms with Crippen molar-refractivity contribution in [2.75, 3.05) is 13.1 Å². The highest BCUT2D eigenvalue weighted by molar-refractivity contribution is 7.89. The third-order valence-corrected chi connectivity index (χ3v) is 4.04. The molecule has 0 fully saturated rings. The Kier molecular flexibility index (Phi) is 5.64. The van der Waals surface area contributed by atoms with Crippen molar-refractivity contribution in [2.24, 2.45) is 5.11 Å². The fraction of sp³-hybridized carbons (Fsp3) is 0.455. The van der Waals surface area contributed by atoms with Crippen molar-refractivity contribution < 1.29 is 8.42 Å². The fourth-order valence-electron chi connectivity index (χ4n) is 1.49. The zero-order valence-electron chi connectivity index (χ0n) is 10.2. The highest BCUT2D eigenvalue weighted by Crippen LogP contribution is 2.13. The molecule has 0 amide bonds. The molecule has 0 spiro atoms. The molecule has 0 saturated carbocycles. The van der Waals surface area contributed by atoms with Crippen molar-refractivity contribution in [3.05, 3.63) is 40.3 Å². The summed E-state index contributed by atoms with van der Waals surface area (Å²) < 4.78 is 26.4. The van der Waals surface area contributed by atoms with E-state index >= 15 is 0 Å². The summed E-state index contributed by atoms with van der Waals surface area (Å²) in [5.74, 6) is 0. The summed E-state index contributed by atoms with van der Waals surface area (Å²) >= 11 is 0. The van der Waals surface area contributed by atoms with Gasteiger partial charge in [0.15, 0.2) is 0 Å². The summed E-state index contributed by atoms with van der Waals surface area (Å²) in [7, 11) is -3.44. The van der Waals surface area contributed by atoms with Crippen molar-refractivity contribution in [3.8, 4) is 0 Å². The molecular formula is C11H16N4O2S. The van der Waals surface area contributed by atoms with E-state index in [1.165, 1.54) is 0 Å². The highest BCUT2D eigenvalue weighted by atomic mass is 32.2. The van der Waals surface area contributed by atoms with E-state index in [1.54, 1.807) is 31.2 Å². The van der Waals surface area contributed by atoms with Crippen molar-refractivity contribution in [1.82, 2.24) is 4.72 Å². The minimum atomic E-state index is -3.44. The van der Waals surface area contributed by atoms with Crippen LogP contribution >= 0.6 is 0 Å². The van der Waals surface area contributed by atoms with Gasteiger partial charge in [-0.05, 0) is 36.9 Å². The topological polar surface area (TPSA) is 94.9 Å². The van der Waals surface area contributed by atoms with Gasteiger partial charge in [0.1, 0.15) is 0 Å². The lowest BCUT2D eigenvalue weighted by Gasteiger charge is -2.08. The van der Waals surface area contributed by atoms with Crippen LogP contribution in [0, 0.1) is 6.92 Å². The Morgan fingerprint density at radius 1 is 1.33 bits per heavy atom. The zero-order valence-corrected chi connectivity index (χ0v) is 11.0. The second-order valence-electron chi connectivity index (χ2n) is 3.82. The monoisotopic (exact) mass is 268 g/mol. The molecule has 1 rings (SSSR count). The van der Waals surface area contributed by atoms with Crippen LogP contribution in [0.3, 0.4) is 0 Å². The predicted octanol–water partition coefficient (Wildman–Crippen LogP) is 2.36. The van der Waals surface area contributed by atoms with Gasteiger partial charge in [-0.15, -0.1) is 0 Å². The molecule has 0 heterocycles. The molecule has 0 aliphatic heterocycles. The average Bonchev–Trinajstić information content (AvgIpc) is 2.34. The molecule has 7 heteroatoms. The van der Waals surface area contributed by atoms with Crippen LogP contribution in [0.25, 0.3) is 10.4 Å². The lowest BCUT2D eigenvalue weighted by molar-refractivity contribution is 0.576. The van der Waals surface area contributed by atoms with Gasteiger partial charge in [-0.25, -0.2) is 13.1 Å². The minimum Gasteiger partial charge on any atom is -0.211 e. The van der Waals surface area contributed by atoms with Gasteiger partial charge in [0.25, 0.3) is 0 Å². The van der Waals surface area contributed by atoms with Crippen LogP contribution in [0.2, 0.25) is 0 Å². The molecule has 6 nitrogen and oxygen atoms in total. The molecule has 0 atom stereocenters. The quantitative estimate of drug-likeness (QED) is 0.355. The van der Waals surface area contributed by atoms with E-state index in [2.05, 4.69) is 14.7 Å². The maximum absolute atomic E-state index is 11.9. The Morgan fingerprint density at radius 2 is 2.06 bits per heavy atom. The fourth-order valence-corrected chi connectivity index (χ4v) is 2.81. The van der Waals surface area contributed by atoms with Gasteiger partial charge >= 0.3 is 0 Å². The van der Waals surface area contributed by atoms with E-state index in [-0.39, 0.29) is 0 Å². The van der Waals surface area contributed by atoms with Crippen LogP contribution in [0.5, 0.6) is 0 Å². The Labute approximate surface area is 107 Å². The second-order valence-corrected chi connectivity index (χ2v) is 5.56. The molecule has 0 radical (unpaired) electrons. The molecule has 0 unspecified atom stereocenters. The number of azide groups is 1. The highest BCUT2D eigenvalue weighted by Gasteiger charge is 2.14. The number of hydrogen-bond acceptors (Lipinski definition) is 3. The molecule has 1 aromatic carbocycles. The largest absolute Gasteiger partial charge is 0.240 e. The van der Waals surface area contributed by atoms with Gasteiger partial charge in [-0.2, -0.15) is 0 Å². The van der Waals surface area contributed by atoms with E-state index in [4.69, 9.17) is 5.53 Å². The Balaban J connectivity index is 2.51. The number of benzene rings is 1. The average molecular weight is 268 g/mol. The number of unbranched alkanes of at least 4 members (excludes halogenated alkanes) is 1. The maximum atomic E-state index is 11.9. The molecule has 0 aliphatic rings. The van der Waals surface area contributed by atoms with Crippen molar-refractivity contribution in [2.45, 2.75) is 24.7 Å². The summed E-state index contributed by atoms with van der Waals surface area (Å²) in [6, 6.07) is 6.84. The summed E-state index contributed by atoms with van der Waals surface area (Å²) in [6.07, 6.45) is 1.31. The summed E-state index contributed by atoms with van der Waals surface area (Å²) in [5, 5.41) is 3.38. The summed E-state index contributed by atoms with van der Waals surface area (Å²) in [4.78, 5) is 2.93. The Bertz CT molecular complexity index is 536. The summed E-state index contributed by atoms with van der Waals surface area (Å²) in [6.45, 7) is 2.50. The number of rotatable bonds is 7. The number of nitrogens with one attached hydrogen (secondary N) is 1. The standard InChI is InChI=1S/C11H16N4O2S/c1-10-6-2-3-7-11(10)18(16,17)14-9-5-4-8-13-15-12/h2-3,6-7,14H,4-5,8-9H2,1H3. The molecule has 18 heavy (non-hydrogen) atoms. The molecule has 0 aromatic heterocycles. The Morgan fingerprint density at radius 3 is 2.72 bits per heavy atom. The van der Waals surface area contributed by atoms with Gasteiger partial charge < -0.3 is 0 Å². The van der Waals surface area contributed by atoms with Crippen molar-refractivity contribution in [3.63, 3.8) is 0 Å². The smallest absolute Gasteiger partial charge is 0.211 e. The van der Waals surface area contributed by atoms with E-state index < -0.39 is 10.0 Å². The second kappa shape index (κ2) is 7.00. The first-order valence-corrected chi connectivity index (χ1v) is 7.12. The van der Waals surface area contributed by atoms with Gasteiger partial charge in [-0.1, -0.05) is 23.3 Å². The molecular weight excluding hydrogens is 252 g/mol. The van der Waals surface area contributed by atoms with Gasteiger partial charge in [0.2, 0.25) is 10.0 Å². The maximum Gasteiger partial charge on any atom is 0.240 e. The van der Waals surface area contributed by atoms with Crippen LogP contribution < -0.4 is 4.72 Å². The SMILES string of the molecule is Cc1ccccc1S(=O)(=O)NCCCCN=[N+]=[N-]. The van der Waals surface area contributed by atoms with Crippen LogP contribution in [-0.2, 0) is 10.0 Å². The van der Waals surface area contributed by atoms with Crippen LogP contribution in [-0.4, -0.2) is 21.5 Å². The van der Waals surface area contributed by atoms with Gasteiger partial charge in [0, 0.05) is 18.0 Å². The normalized spacial score (nSPS) is 10.9. The number of sulfonamides is 1. The molecule has 1 aromatic rings. The number of nitrogens with zero attached hydrogens (tertiary/aromatic N) is 3.